The molecule has 5 nitrogen and oxygen atoms in total. The molecule has 1 heterocycles. The molecule has 2 aromatic rings. The zero-order valence-electron chi connectivity index (χ0n) is 15.0. The number of benzene rings is 1. The highest BCUT2D eigenvalue weighted by molar-refractivity contribution is 6.05. The van der Waals surface area contributed by atoms with E-state index in [2.05, 4.69) is 5.32 Å². The Morgan fingerprint density at radius 3 is 2.72 bits per heavy atom. The Kier molecular flexibility index (Phi) is 5.41. The number of aryl methyl sites for hydroxylation is 1. The van der Waals surface area contributed by atoms with Gasteiger partial charge in [0.05, 0.1) is 5.56 Å². The number of para-hydroxylation sites is 1. The first-order valence-corrected chi connectivity index (χ1v) is 9.09. The quantitative estimate of drug-likeness (QED) is 0.847. The molecule has 0 spiro atoms. The van der Waals surface area contributed by atoms with Crippen molar-refractivity contribution in [1.82, 2.24) is 9.88 Å². The van der Waals surface area contributed by atoms with E-state index in [1.807, 2.05) is 35.9 Å². The smallest absolute Gasteiger partial charge is 0.341 e. The van der Waals surface area contributed by atoms with Crippen molar-refractivity contribution in [1.29, 1.82) is 0 Å². The van der Waals surface area contributed by atoms with Crippen LogP contribution in [0.5, 0.6) is 0 Å². The molecule has 0 saturated heterocycles. The monoisotopic (exact) mass is 342 g/mol. The fourth-order valence-electron chi connectivity index (χ4n) is 3.56. The first kappa shape index (κ1) is 17.5. The minimum absolute atomic E-state index is 0.223. The maximum absolute atomic E-state index is 12.5. The molecule has 3 rings (SSSR count). The fourth-order valence-corrected chi connectivity index (χ4v) is 3.56. The summed E-state index contributed by atoms with van der Waals surface area (Å²) in [5.41, 5.74) is 1.45. The van der Waals surface area contributed by atoms with Gasteiger partial charge in [-0.15, -0.1) is 0 Å². The highest BCUT2D eigenvalue weighted by atomic mass is 16.5. The van der Waals surface area contributed by atoms with Crippen molar-refractivity contribution in [3.8, 4) is 0 Å². The standard InChI is InChI=1S/C20H26N2O3/c1-14(19(23)21-12-15-8-4-3-5-9-15)25-20(24)17-13-22(2)18-11-7-6-10-16(17)18/h6-7,10-11,13-15H,3-5,8-9,12H2,1-2H3,(H,21,23)/t14-/m0/s1. The van der Waals surface area contributed by atoms with E-state index in [0.29, 0.717) is 18.0 Å². The van der Waals surface area contributed by atoms with Gasteiger partial charge < -0.3 is 14.6 Å². The molecule has 1 N–H and O–H groups in total. The third-order valence-corrected chi connectivity index (χ3v) is 5.06. The number of ether oxygens (including phenoxy) is 1. The van der Waals surface area contributed by atoms with Crippen LogP contribution in [0.3, 0.4) is 0 Å². The summed E-state index contributed by atoms with van der Waals surface area (Å²) in [5.74, 6) is -0.130. The lowest BCUT2D eigenvalue weighted by atomic mass is 9.89. The third-order valence-electron chi connectivity index (χ3n) is 5.06. The molecule has 134 valence electrons. The lowest BCUT2D eigenvalue weighted by molar-refractivity contribution is -0.129. The van der Waals surface area contributed by atoms with E-state index >= 15 is 0 Å². The zero-order valence-corrected chi connectivity index (χ0v) is 15.0. The van der Waals surface area contributed by atoms with Crippen molar-refractivity contribution in [3.05, 3.63) is 36.0 Å². The molecule has 1 aliphatic rings. The minimum atomic E-state index is -0.796. The largest absolute Gasteiger partial charge is 0.449 e. The van der Waals surface area contributed by atoms with E-state index in [1.165, 1.54) is 32.1 Å². The van der Waals surface area contributed by atoms with Crippen molar-refractivity contribution in [2.75, 3.05) is 6.54 Å². The zero-order chi connectivity index (χ0) is 17.8. The first-order valence-electron chi connectivity index (χ1n) is 9.09. The molecular weight excluding hydrogens is 316 g/mol. The van der Waals surface area contributed by atoms with Crippen LogP contribution in [0.1, 0.15) is 49.4 Å². The molecule has 1 atom stereocenters. The van der Waals surface area contributed by atoms with Gasteiger partial charge in [0.1, 0.15) is 0 Å². The molecule has 0 radical (unpaired) electrons. The van der Waals surface area contributed by atoms with Crippen LogP contribution in [-0.2, 0) is 16.6 Å². The van der Waals surface area contributed by atoms with Gasteiger partial charge in [0, 0.05) is 30.7 Å². The summed E-state index contributed by atoms with van der Waals surface area (Å²) in [6, 6.07) is 7.66. The molecule has 1 aliphatic carbocycles. The number of fused-ring (bicyclic) bond motifs is 1. The van der Waals surface area contributed by atoms with Crippen LogP contribution in [-0.4, -0.2) is 29.1 Å². The van der Waals surface area contributed by atoms with Crippen molar-refractivity contribution < 1.29 is 14.3 Å². The predicted molar refractivity (Wildman–Crippen MR) is 97.4 cm³/mol. The lowest BCUT2D eigenvalue weighted by Crippen LogP contribution is -2.38. The Hall–Kier alpha value is -2.30. The topological polar surface area (TPSA) is 60.3 Å². The predicted octanol–water partition coefficient (Wildman–Crippen LogP) is 3.42. The number of hydrogen-bond acceptors (Lipinski definition) is 3. The van der Waals surface area contributed by atoms with Crippen molar-refractivity contribution in [2.45, 2.75) is 45.1 Å². The maximum atomic E-state index is 12.5. The Morgan fingerprint density at radius 2 is 1.96 bits per heavy atom. The summed E-state index contributed by atoms with van der Waals surface area (Å²) < 4.78 is 7.28. The summed E-state index contributed by atoms with van der Waals surface area (Å²) in [4.78, 5) is 24.7. The molecule has 1 aromatic carbocycles. The Morgan fingerprint density at radius 1 is 1.24 bits per heavy atom. The van der Waals surface area contributed by atoms with Crippen LogP contribution < -0.4 is 5.32 Å². The maximum Gasteiger partial charge on any atom is 0.341 e. The van der Waals surface area contributed by atoms with Gasteiger partial charge in [0.2, 0.25) is 0 Å². The lowest BCUT2D eigenvalue weighted by Gasteiger charge is -2.22. The molecule has 0 unspecified atom stereocenters. The number of hydrogen-bond donors (Lipinski definition) is 1. The van der Waals surface area contributed by atoms with Gasteiger partial charge in [-0.05, 0) is 31.7 Å². The summed E-state index contributed by atoms with van der Waals surface area (Å²) in [5, 5.41) is 3.77. The highest BCUT2D eigenvalue weighted by Crippen LogP contribution is 2.23. The summed E-state index contributed by atoms with van der Waals surface area (Å²) in [7, 11) is 1.89. The third kappa shape index (κ3) is 4.03. The van der Waals surface area contributed by atoms with Crippen LogP contribution >= 0.6 is 0 Å². The van der Waals surface area contributed by atoms with Crippen molar-refractivity contribution >= 4 is 22.8 Å². The summed E-state index contributed by atoms with van der Waals surface area (Å²) in [6.07, 6.45) is 7.08. The van der Waals surface area contributed by atoms with Crippen LogP contribution in [0.25, 0.3) is 10.9 Å². The Balaban J connectivity index is 1.58. The molecular formula is C20H26N2O3. The molecule has 25 heavy (non-hydrogen) atoms. The van der Waals surface area contributed by atoms with Gasteiger partial charge in [-0.2, -0.15) is 0 Å². The van der Waals surface area contributed by atoms with Gasteiger partial charge >= 0.3 is 5.97 Å². The van der Waals surface area contributed by atoms with Gasteiger partial charge in [-0.1, -0.05) is 37.5 Å². The SMILES string of the molecule is C[C@H](OC(=O)c1cn(C)c2ccccc12)C(=O)NCC1CCCCC1. The number of nitrogens with one attached hydrogen (secondary N) is 1. The number of amides is 1. The second-order valence-electron chi connectivity index (χ2n) is 6.97. The van der Waals surface area contributed by atoms with Crippen molar-refractivity contribution in [3.63, 3.8) is 0 Å². The van der Waals surface area contributed by atoms with E-state index in [9.17, 15) is 9.59 Å². The van der Waals surface area contributed by atoms with Crippen LogP contribution in [0.4, 0.5) is 0 Å². The average Bonchev–Trinajstić information content (AvgIpc) is 2.98. The average molecular weight is 342 g/mol. The molecule has 5 heteroatoms. The number of carbonyl (C=O) groups is 2. The van der Waals surface area contributed by atoms with E-state index in [4.69, 9.17) is 4.74 Å². The van der Waals surface area contributed by atoms with Gasteiger partial charge in [-0.25, -0.2) is 4.79 Å². The van der Waals surface area contributed by atoms with Crippen molar-refractivity contribution in [2.24, 2.45) is 13.0 Å². The number of nitrogens with zero attached hydrogens (tertiary/aromatic N) is 1. The second kappa shape index (κ2) is 7.72. The Labute approximate surface area is 148 Å². The molecule has 1 fully saturated rings. The van der Waals surface area contributed by atoms with Gasteiger partial charge in [0.15, 0.2) is 6.10 Å². The highest BCUT2D eigenvalue weighted by Gasteiger charge is 2.22. The van der Waals surface area contributed by atoms with E-state index < -0.39 is 12.1 Å². The second-order valence-corrected chi connectivity index (χ2v) is 6.97. The van der Waals surface area contributed by atoms with E-state index in [-0.39, 0.29) is 5.91 Å². The summed E-state index contributed by atoms with van der Waals surface area (Å²) >= 11 is 0. The normalized spacial score (nSPS) is 16.6. The number of carbonyl (C=O) groups excluding carboxylic acids is 2. The molecule has 0 bridgehead atoms. The number of rotatable bonds is 5. The minimum Gasteiger partial charge on any atom is -0.449 e. The summed E-state index contributed by atoms with van der Waals surface area (Å²) in [6.45, 7) is 2.30. The van der Waals surface area contributed by atoms with E-state index in [1.54, 1.807) is 13.1 Å². The number of aromatic nitrogens is 1. The van der Waals surface area contributed by atoms with Gasteiger partial charge in [0.25, 0.3) is 5.91 Å². The van der Waals surface area contributed by atoms with E-state index in [0.717, 1.165) is 10.9 Å². The van der Waals surface area contributed by atoms with Crippen LogP contribution in [0.15, 0.2) is 30.5 Å². The van der Waals surface area contributed by atoms with Crippen LogP contribution in [0, 0.1) is 5.92 Å². The van der Waals surface area contributed by atoms with Crippen LogP contribution in [0.2, 0.25) is 0 Å². The fraction of sp³-hybridized carbons (Fsp3) is 0.500. The molecule has 1 amide bonds. The first-order chi connectivity index (χ1) is 12.1. The Bertz CT molecular complexity index is 759. The number of esters is 1. The molecule has 1 saturated carbocycles. The molecule has 1 aromatic heterocycles. The van der Waals surface area contributed by atoms with Gasteiger partial charge in [-0.3, -0.25) is 4.79 Å². The molecule has 0 aliphatic heterocycles.